The Kier molecular flexibility index (Phi) is 10.9. The van der Waals surface area contributed by atoms with E-state index in [2.05, 4.69) is 93.6 Å². The Morgan fingerprint density at radius 1 is 0.525 bits per heavy atom. The molecule has 0 atom stereocenters. The van der Waals surface area contributed by atoms with Gasteiger partial charge in [0.2, 0.25) is 0 Å². The molecule has 0 saturated heterocycles. The maximum Gasteiger partial charge on any atom is 0.0316 e. The van der Waals surface area contributed by atoms with Crippen LogP contribution in [0.15, 0.2) is 84.9 Å². The number of unbranched alkanes of at least 4 members (excludes halogenated alkanes) is 2. The molecule has 0 amide bonds. The van der Waals surface area contributed by atoms with Gasteiger partial charge in [-0.1, -0.05) is 93.3 Å². The van der Waals surface area contributed by atoms with E-state index in [1.807, 2.05) is 12.1 Å². The average Bonchev–Trinajstić information content (AvgIpc) is 2.94. The highest BCUT2D eigenvalue weighted by Crippen LogP contribution is 2.24. The lowest BCUT2D eigenvalue weighted by atomic mass is 9.88. The lowest BCUT2D eigenvalue weighted by Gasteiger charge is -2.17. The summed E-state index contributed by atoms with van der Waals surface area (Å²) in [6, 6.07) is 31.1. The molecule has 0 radical (unpaired) electrons. The fourth-order valence-corrected chi connectivity index (χ4v) is 5.78. The molecule has 0 unspecified atom stereocenters. The summed E-state index contributed by atoms with van der Waals surface area (Å²) < 4.78 is 0. The summed E-state index contributed by atoms with van der Waals surface area (Å²) in [5.41, 5.74) is 24.4. The molecule has 0 fully saturated rings. The Labute approximate surface area is 242 Å². The summed E-state index contributed by atoms with van der Waals surface area (Å²) in [6.45, 7) is 6.60. The summed E-state index contributed by atoms with van der Waals surface area (Å²) >= 11 is 0. The Morgan fingerprint density at radius 3 is 1.35 bits per heavy atom. The molecule has 4 aromatic carbocycles. The number of nitrogens with two attached hydrogens (primary N) is 2. The van der Waals surface area contributed by atoms with Crippen LogP contribution in [0.2, 0.25) is 0 Å². The van der Waals surface area contributed by atoms with Gasteiger partial charge >= 0.3 is 0 Å². The van der Waals surface area contributed by atoms with Gasteiger partial charge in [0.05, 0.1) is 0 Å². The van der Waals surface area contributed by atoms with Crippen LogP contribution in [0.1, 0.15) is 90.0 Å². The van der Waals surface area contributed by atoms with E-state index in [4.69, 9.17) is 11.5 Å². The standard InChI is InChI=1S/C38H48N2/c1-4-5-6-7-30(8-10-31-12-16-33(17-13-31)26-35-20-22-37(39)24-28(35)2)9-11-32-14-18-34(19-15-32)27-36-21-23-38(40)25-29(36)3/h12-25,30H,4-11,26-27,39-40H2,1-3H3. The van der Waals surface area contributed by atoms with Gasteiger partial charge in [-0.15, -0.1) is 0 Å². The first-order chi connectivity index (χ1) is 19.4. The van der Waals surface area contributed by atoms with E-state index in [9.17, 15) is 0 Å². The predicted molar refractivity (Wildman–Crippen MR) is 174 cm³/mol. The number of rotatable bonds is 14. The number of aryl methyl sites for hydroxylation is 4. The molecule has 0 aliphatic heterocycles. The van der Waals surface area contributed by atoms with Crippen molar-refractivity contribution in [2.75, 3.05) is 11.5 Å². The van der Waals surface area contributed by atoms with Crippen molar-refractivity contribution in [1.82, 2.24) is 0 Å². The maximum absolute atomic E-state index is 5.93. The average molecular weight is 533 g/mol. The van der Waals surface area contributed by atoms with E-state index in [1.165, 1.54) is 83.0 Å². The van der Waals surface area contributed by atoms with Gasteiger partial charge in [-0.3, -0.25) is 0 Å². The molecule has 40 heavy (non-hydrogen) atoms. The van der Waals surface area contributed by atoms with Crippen molar-refractivity contribution in [3.8, 4) is 0 Å². The fourth-order valence-electron chi connectivity index (χ4n) is 5.78. The van der Waals surface area contributed by atoms with Gasteiger partial charge in [0.25, 0.3) is 0 Å². The predicted octanol–water partition coefficient (Wildman–Crippen LogP) is 9.41. The zero-order chi connectivity index (χ0) is 28.3. The van der Waals surface area contributed by atoms with Crippen LogP contribution in [-0.2, 0) is 25.7 Å². The highest BCUT2D eigenvalue weighted by Gasteiger charge is 2.11. The van der Waals surface area contributed by atoms with Crippen LogP contribution in [0, 0.1) is 19.8 Å². The van der Waals surface area contributed by atoms with Crippen LogP contribution in [0.4, 0.5) is 11.4 Å². The van der Waals surface area contributed by atoms with Gasteiger partial charge in [-0.05, 0) is 127 Å². The van der Waals surface area contributed by atoms with E-state index in [1.54, 1.807) is 0 Å². The molecule has 0 heterocycles. The van der Waals surface area contributed by atoms with Crippen LogP contribution >= 0.6 is 0 Å². The minimum absolute atomic E-state index is 0.778. The zero-order valence-corrected chi connectivity index (χ0v) is 24.9. The molecule has 4 aromatic rings. The van der Waals surface area contributed by atoms with E-state index in [0.717, 1.165) is 43.0 Å². The normalized spacial score (nSPS) is 11.3. The fraction of sp³-hybridized carbons (Fsp3) is 0.368. The molecule has 2 heteroatoms. The molecule has 210 valence electrons. The topological polar surface area (TPSA) is 52.0 Å². The summed E-state index contributed by atoms with van der Waals surface area (Å²) in [7, 11) is 0. The van der Waals surface area contributed by atoms with E-state index < -0.39 is 0 Å². The molecule has 2 nitrogen and oxygen atoms in total. The van der Waals surface area contributed by atoms with E-state index in [-0.39, 0.29) is 0 Å². The summed E-state index contributed by atoms with van der Waals surface area (Å²) in [6.07, 6.45) is 12.1. The molecule has 0 spiro atoms. The first-order valence-corrected chi connectivity index (χ1v) is 15.2. The molecule has 0 saturated carbocycles. The van der Waals surface area contributed by atoms with Gasteiger partial charge in [-0.25, -0.2) is 0 Å². The van der Waals surface area contributed by atoms with Crippen molar-refractivity contribution >= 4 is 11.4 Å². The molecule has 0 bridgehead atoms. The van der Waals surface area contributed by atoms with Crippen LogP contribution in [0.25, 0.3) is 0 Å². The van der Waals surface area contributed by atoms with Crippen LogP contribution < -0.4 is 11.5 Å². The molecule has 0 aliphatic rings. The molecule has 4 rings (SSSR count). The van der Waals surface area contributed by atoms with Gasteiger partial charge in [0.1, 0.15) is 0 Å². The lowest BCUT2D eigenvalue weighted by Crippen LogP contribution is -2.05. The Bertz CT molecular complexity index is 1230. The molecule has 4 N–H and O–H groups in total. The SMILES string of the molecule is CCCCCC(CCc1ccc(Cc2ccc(N)cc2C)cc1)CCc1ccc(Cc2ccc(N)cc2C)cc1. The number of anilines is 2. The third-order valence-corrected chi connectivity index (χ3v) is 8.47. The zero-order valence-electron chi connectivity index (χ0n) is 24.9. The lowest BCUT2D eigenvalue weighted by molar-refractivity contribution is 0.402. The third kappa shape index (κ3) is 9.01. The van der Waals surface area contributed by atoms with E-state index in [0.29, 0.717) is 0 Å². The second kappa shape index (κ2) is 14.7. The van der Waals surface area contributed by atoms with Crippen molar-refractivity contribution in [3.05, 3.63) is 129 Å². The largest absolute Gasteiger partial charge is 0.399 e. The van der Waals surface area contributed by atoms with Crippen molar-refractivity contribution in [2.45, 2.75) is 85.0 Å². The molecule has 0 aliphatic carbocycles. The highest BCUT2D eigenvalue weighted by molar-refractivity contribution is 5.46. The number of hydrogen-bond acceptors (Lipinski definition) is 2. The number of benzene rings is 4. The summed E-state index contributed by atoms with van der Waals surface area (Å²) in [5, 5.41) is 0. The van der Waals surface area contributed by atoms with Gasteiger partial charge in [-0.2, -0.15) is 0 Å². The van der Waals surface area contributed by atoms with Crippen LogP contribution in [0.5, 0.6) is 0 Å². The van der Waals surface area contributed by atoms with Gasteiger partial charge in [0, 0.05) is 11.4 Å². The minimum atomic E-state index is 0.778. The Morgan fingerprint density at radius 2 is 0.950 bits per heavy atom. The smallest absolute Gasteiger partial charge is 0.0316 e. The Hall–Kier alpha value is -3.52. The van der Waals surface area contributed by atoms with Crippen LogP contribution in [0.3, 0.4) is 0 Å². The van der Waals surface area contributed by atoms with Gasteiger partial charge in [0.15, 0.2) is 0 Å². The van der Waals surface area contributed by atoms with Crippen molar-refractivity contribution in [2.24, 2.45) is 5.92 Å². The molecular weight excluding hydrogens is 484 g/mol. The highest BCUT2D eigenvalue weighted by atomic mass is 14.5. The van der Waals surface area contributed by atoms with E-state index >= 15 is 0 Å². The summed E-state index contributed by atoms with van der Waals surface area (Å²) in [5.74, 6) is 0.778. The minimum Gasteiger partial charge on any atom is -0.399 e. The van der Waals surface area contributed by atoms with Crippen molar-refractivity contribution in [3.63, 3.8) is 0 Å². The first-order valence-electron chi connectivity index (χ1n) is 15.2. The first kappa shape index (κ1) is 29.5. The summed E-state index contributed by atoms with van der Waals surface area (Å²) in [4.78, 5) is 0. The van der Waals surface area contributed by atoms with Crippen molar-refractivity contribution in [1.29, 1.82) is 0 Å². The second-order valence-corrected chi connectivity index (χ2v) is 11.8. The third-order valence-electron chi connectivity index (χ3n) is 8.47. The maximum atomic E-state index is 5.93. The second-order valence-electron chi connectivity index (χ2n) is 11.8. The van der Waals surface area contributed by atoms with Crippen molar-refractivity contribution < 1.29 is 0 Å². The van der Waals surface area contributed by atoms with Gasteiger partial charge < -0.3 is 11.5 Å². The van der Waals surface area contributed by atoms with Crippen LogP contribution in [-0.4, -0.2) is 0 Å². The monoisotopic (exact) mass is 532 g/mol. The molecular formula is C38H48N2. The molecule has 0 aromatic heterocycles. The Balaban J connectivity index is 1.29. The number of nitrogen functional groups attached to an aromatic ring is 2. The quantitative estimate of drug-likeness (QED) is 0.125. The number of hydrogen-bond donors (Lipinski definition) is 2.